The number of pyridine rings is 1. The molecule has 62 valence electrons. The van der Waals surface area contributed by atoms with Crippen LogP contribution in [0.25, 0.3) is 4.83 Å². The Labute approximate surface area is 73.1 Å². The minimum atomic E-state index is -0.0158. The third kappa shape index (κ3) is 0.848. The van der Waals surface area contributed by atoms with E-state index in [9.17, 15) is 4.79 Å². The molecule has 0 spiro atoms. The predicted octanol–water partition coefficient (Wildman–Crippen LogP) is 1.25. The number of hydrogen-bond acceptors (Lipinski definition) is 3. The summed E-state index contributed by atoms with van der Waals surface area (Å²) in [6, 6.07) is 3.13. The molecule has 2 aromatic rings. The smallest absolute Gasteiger partial charge is 0.256 e. The molecule has 2 aromatic heterocycles. The summed E-state index contributed by atoms with van der Waals surface area (Å²) >= 11 is 1.49. The maximum Gasteiger partial charge on any atom is 0.256 e. The van der Waals surface area contributed by atoms with Gasteiger partial charge in [-0.25, -0.2) is 0 Å². The van der Waals surface area contributed by atoms with Crippen LogP contribution in [0.3, 0.4) is 0 Å². The molecular formula is C8H8N2OS. The van der Waals surface area contributed by atoms with Crippen molar-refractivity contribution in [3.63, 3.8) is 0 Å². The van der Waals surface area contributed by atoms with E-state index in [0.717, 1.165) is 10.5 Å². The van der Waals surface area contributed by atoms with Crippen molar-refractivity contribution in [1.82, 2.24) is 4.40 Å². The molecule has 0 radical (unpaired) electrons. The number of aryl methyl sites for hydroxylation is 1. The van der Waals surface area contributed by atoms with Crippen LogP contribution in [-0.4, -0.2) is 4.40 Å². The third-order valence-electron chi connectivity index (χ3n) is 1.77. The van der Waals surface area contributed by atoms with Crippen molar-refractivity contribution in [2.24, 2.45) is 0 Å². The predicted molar refractivity (Wildman–Crippen MR) is 50.7 cm³/mol. The highest BCUT2D eigenvalue weighted by molar-refractivity contribution is 7.16. The summed E-state index contributed by atoms with van der Waals surface area (Å²) in [7, 11) is 0. The molecule has 0 aromatic carbocycles. The zero-order valence-electron chi connectivity index (χ0n) is 6.57. The first-order valence-electron chi connectivity index (χ1n) is 3.55. The molecule has 0 bridgehead atoms. The fraction of sp³-hybridized carbons (Fsp3) is 0.125. The number of fused-ring (bicyclic) bond motifs is 1. The quantitative estimate of drug-likeness (QED) is 0.663. The molecule has 2 heterocycles. The lowest BCUT2D eigenvalue weighted by Gasteiger charge is -1.96. The van der Waals surface area contributed by atoms with Crippen molar-refractivity contribution in [3.8, 4) is 0 Å². The molecule has 0 unspecified atom stereocenters. The van der Waals surface area contributed by atoms with Gasteiger partial charge in [-0.3, -0.25) is 9.20 Å². The van der Waals surface area contributed by atoms with Crippen LogP contribution in [0, 0.1) is 6.92 Å². The lowest BCUT2D eigenvalue weighted by atomic mass is 10.4. The molecule has 2 rings (SSSR count). The monoisotopic (exact) mass is 180 g/mol. The van der Waals surface area contributed by atoms with Crippen molar-refractivity contribution in [2.45, 2.75) is 6.92 Å². The molecule has 0 saturated heterocycles. The van der Waals surface area contributed by atoms with Gasteiger partial charge in [-0.1, -0.05) is 0 Å². The Kier molecular flexibility index (Phi) is 1.44. The van der Waals surface area contributed by atoms with E-state index in [2.05, 4.69) is 0 Å². The molecule has 0 aliphatic rings. The number of nitrogen functional groups attached to an aromatic ring is 1. The Bertz CT molecular complexity index is 483. The molecule has 0 atom stereocenters. The molecule has 3 nitrogen and oxygen atoms in total. The molecular weight excluding hydrogens is 172 g/mol. The maximum absolute atomic E-state index is 11.3. The van der Waals surface area contributed by atoms with E-state index in [1.807, 2.05) is 12.3 Å². The van der Waals surface area contributed by atoms with Crippen molar-refractivity contribution in [3.05, 3.63) is 33.6 Å². The van der Waals surface area contributed by atoms with E-state index in [0.29, 0.717) is 5.69 Å². The van der Waals surface area contributed by atoms with E-state index in [1.54, 1.807) is 10.5 Å². The maximum atomic E-state index is 11.3. The van der Waals surface area contributed by atoms with Crippen LogP contribution in [0.5, 0.6) is 0 Å². The Morgan fingerprint density at radius 3 is 2.92 bits per heavy atom. The standard InChI is InChI=1S/C8H8N2OS/c1-5-4-12-8-6(9)2-3-7(11)10(5)8/h2-4H,9H2,1H3. The lowest BCUT2D eigenvalue weighted by Crippen LogP contribution is -2.12. The summed E-state index contributed by atoms with van der Waals surface area (Å²) in [6.45, 7) is 1.89. The fourth-order valence-electron chi connectivity index (χ4n) is 1.18. The Balaban J connectivity index is 3.09. The van der Waals surface area contributed by atoms with Gasteiger partial charge < -0.3 is 5.73 Å². The van der Waals surface area contributed by atoms with Crippen LogP contribution < -0.4 is 11.3 Å². The highest BCUT2D eigenvalue weighted by Crippen LogP contribution is 2.19. The van der Waals surface area contributed by atoms with E-state index >= 15 is 0 Å². The molecule has 0 aliphatic carbocycles. The number of anilines is 1. The summed E-state index contributed by atoms with van der Waals surface area (Å²) in [4.78, 5) is 12.2. The van der Waals surface area contributed by atoms with Gasteiger partial charge in [0.2, 0.25) is 0 Å². The summed E-state index contributed by atoms with van der Waals surface area (Å²) < 4.78 is 1.62. The van der Waals surface area contributed by atoms with E-state index in [1.165, 1.54) is 17.4 Å². The van der Waals surface area contributed by atoms with Gasteiger partial charge in [0.25, 0.3) is 5.56 Å². The number of nitrogens with two attached hydrogens (primary N) is 1. The van der Waals surface area contributed by atoms with Crippen LogP contribution in [0.1, 0.15) is 5.69 Å². The zero-order chi connectivity index (χ0) is 8.72. The van der Waals surface area contributed by atoms with E-state index < -0.39 is 0 Å². The first-order valence-corrected chi connectivity index (χ1v) is 4.43. The molecule has 0 fully saturated rings. The second-order valence-electron chi connectivity index (χ2n) is 2.64. The van der Waals surface area contributed by atoms with Gasteiger partial charge in [-0.05, 0) is 13.0 Å². The SMILES string of the molecule is Cc1csc2c(N)ccc(=O)n12. The van der Waals surface area contributed by atoms with Gasteiger partial charge in [-0.15, -0.1) is 11.3 Å². The second-order valence-corrected chi connectivity index (χ2v) is 3.50. The van der Waals surface area contributed by atoms with Crippen molar-refractivity contribution in [1.29, 1.82) is 0 Å². The van der Waals surface area contributed by atoms with Crippen LogP contribution in [-0.2, 0) is 0 Å². The Morgan fingerprint density at radius 2 is 2.25 bits per heavy atom. The van der Waals surface area contributed by atoms with Crippen molar-refractivity contribution in [2.75, 3.05) is 5.73 Å². The van der Waals surface area contributed by atoms with Crippen LogP contribution in [0.15, 0.2) is 22.3 Å². The van der Waals surface area contributed by atoms with Gasteiger partial charge in [0.1, 0.15) is 4.83 Å². The first kappa shape index (κ1) is 7.36. The molecule has 0 saturated carbocycles. The van der Waals surface area contributed by atoms with Gasteiger partial charge in [0, 0.05) is 17.1 Å². The highest BCUT2D eigenvalue weighted by Gasteiger charge is 2.03. The molecule has 12 heavy (non-hydrogen) atoms. The summed E-state index contributed by atoms with van der Waals surface area (Å²) in [5, 5.41) is 1.92. The Morgan fingerprint density at radius 1 is 1.50 bits per heavy atom. The zero-order valence-corrected chi connectivity index (χ0v) is 7.39. The highest BCUT2D eigenvalue weighted by atomic mass is 32.1. The topological polar surface area (TPSA) is 47.5 Å². The molecule has 0 amide bonds. The number of thiazole rings is 1. The summed E-state index contributed by atoms with van der Waals surface area (Å²) in [5.41, 5.74) is 7.27. The largest absolute Gasteiger partial charge is 0.396 e. The first-order chi connectivity index (χ1) is 5.70. The third-order valence-corrected chi connectivity index (χ3v) is 2.87. The van der Waals surface area contributed by atoms with E-state index in [-0.39, 0.29) is 5.56 Å². The van der Waals surface area contributed by atoms with Crippen LogP contribution >= 0.6 is 11.3 Å². The summed E-state index contributed by atoms with van der Waals surface area (Å²) in [5.74, 6) is 0. The van der Waals surface area contributed by atoms with Gasteiger partial charge >= 0.3 is 0 Å². The average Bonchev–Trinajstić information content (AvgIpc) is 2.42. The van der Waals surface area contributed by atoms with Crippen LogP contribution in [0.4, 0.5) is 5.69 Å². The summed E-state index contributed by atoms with van der Waals surface area (Å²) in [6.07, 6.45) is 0. The van der Waals surface area contributed by atoms with Gasteiger partial charge in [-0.2, -0.15) is 0 Å². The Hall–Kier alpha value is -1.29. The average molecular weight is 180 g/mol. The molecule has 0 aliphatic heterocycles. The van der Waals surface area contributed by atoms with Gasteiger partial charge in [0.15, 0.2) is 0 Å². The van der Waals surface area contributed by atoms with Crippen molar-refractivity contribution >= 4 is 21.9 Å². The van der Waals surface area contributed by atoms with Crippen LogP contribution in [0.2, 0.25) is 0 Å². The molecule has 4 heteroatoms. The number of aromatic nitrogens is 1. The lowest BCUT2D eigenvalue weighted by molar-refractivity contribution is 1.06. The fourth-order valence-corrected chi connectivity index (χ4v) is 2.12. The van der Waals surface area contributed by atoms with E-state index in [4.69, 9.17) is 5.73 Å². The number of hydrogen-bond donors (Lipinski definition) is 1. The number of rotatable bonds is 0. The second kappa shape index (κ2) is 2.35. The van der Waals surface area contributed by atoms with Crippen molar-refractivity contribution < 1.29 is 0 Å². The normalized spacial score (nSPS) is 10.8. The minimum absolute atomic E-state index is 0.0158. The van der Waals surface area contributed by atoms with Gasteiger partial charge in [0.05, 0.1) is 5.69 Å². The molecule has 2 N–H and O–H groups in total. The number of nitrogens with zero attached hydrogens (tertiary/aromatic N) is 1. The minimum Gasteiger partial charge on any atom is -0.396 e.